The van der Waals surface area contributed by atoms with E-state index in [0.29, 0.717) is 0 Å². The molecule has 0 aliphatic heterocycles. The fourth-order valence-electron chi connectivity index (χ4n) is 1.81. The Kier molecular flexibility index (Phi) is 7.42. The molecule has 0 bridgehead atoms. The first-order valence-corrected chi connectivity index (χ1v) is 8.85. The molecule has 0 aliphatic rings. The van der Waals surface area contributed by atoms with Gasteiger partial charge in [-0.25, -0.2) is 13.1 Å². The van der Waals surface area contributed by atoms with Crippen LogP contribution in [0.5, 0.6) is 0 Å². The van der Waals surface area contributed by atoms with Gasteiger partial charge in [0, 0.05) is 24.6 Å². The first kappa shape index (κ1) is 19.7. The molecule has 7 nitrogen and oxygen atoms in total. The number of benzene rings is 1. The molecule has 0 radical (unpaired) electrons. The predicted molar refractivity (Wildman–Crippen MR) is 90.7 cm³/mol. The van der Waals surface area contributed by atoms with Gasteiger partial charge in [-0.05, 0) is 32.0 Å². The molecule has 3 N–H and O–H groups in total. The second-order valence-corrected chi connectivity index (χ2v) is 7.00. The van der Waals surface area contributed by atoms with Crippen molar-refractivity contribution in [1.82, 2.24) is 15.4 Å². The van der Waals surface area contributed by atoms with Gasteiger partial charge in [0.1, 0.15) is 0 Å². The number of hydrogen-bond acceptors (Lipinski definition) is 4. The van der Waals surface area contributed by atoms with Gasteiger partial charge in [-0.15, -0.1) is 6.42 Å². The summed E-state index contributed by atoms with van der Waals surface area (Å²) >= 11 is 0. The first-order valence-electron chi connectivity index (χ1n) is 7.37. The van der Waals surface area contributed by atoms with Gasteiger partial charge in [-0.2, -0.15) is 0 Å². The molecule has 8 heteroatoms. The van der Waals surface area contributed by atoms with E-state index in [9.17, 15) is 18.0 Å². The summed E-state index contributed by atoms with van der Waals surface area (Å²) in [6.45, 7) is 3.67. The highest BCUT2D eigenvalue weighted by Crippen LogP contribution is 2.12. The average Bonchev–Trinajstić information content (AvgIpc) is 2.51. The summed E-state index contributed by atoms with van der Waals surface area (Å²) in [4.78, 5) is 23.4. The molecule has 1 aromatic carbocycles. The molecule has 0 fully saturated rings. The molecule has 2 amide bonds. The smallest absolute Gasteiger partial charge is 0.251 e. The van der Waals surface area contributed by atoms with E-state index < -0.39 is 15.9 Å². The third-order valence-electron chi connectivity index (χ3n) is 2.82. The van der Waals surface area contributed by atoms with Crippen LogP contribution in [0, 0.1) is 12.3 Å². The highest BCUT2D eigenvalue weighted by molar-refractivity contribution is 7.89. The lowest BCUT2D eigenvalue weighted by Crippen LogP contribution is -2.32. The number of amides is 2. The minimum Gasteiger partial charge on any atom is -0.352 e. The van der Waals surface area contributed by atoms with E-state index in [1.165, 1.54) is 24.3 Å². The normalized spacial score (nSPS) is 10.9. The minimum atomic E-state index is -3.67. The fraction of sp³-hybridized carbons (Fsp3) is 0.375. The van der Waals surface area contributed by atoms with Crippen molar-refractivity contribution >= 4 is 21.8 Å². The van der Waals surface area contributed by atoms with Crippen molar-refractivity contribution in [2.24, 2.45) is 0 Å². The highest BCUT2D eigenvalue weighted by Gasteiger charge is 2.17. The SMILES string of the molecule is C#CCNC(=O)CCNC(=O)c1cccc(S(=O)(=O)NC(C)C)c1. The molecule has 0 spiro atoms. The summed E-state index contributed by atoms with van der Waals surface area (Å²) < 4.78 is 26.7. The Morgan fingerprint density at radius 3 is 2.58 bits per heavy atom. The molecule has 24 heavy (non-hydrogen) atoms. The molecule has 0 unspecified atom stereocenters. The maximum absolute atomic E-state index is 12.1. The Balaban J connectivity index is 2.68. The molecule has 1 aromatic rings. The van der Waals surface area contributed by atoms with Crippen molar-refractivity contribution < 1.29 is 18.0 Å². The maximum Gasteiger partial charge on any atom is 0.251 e. The van der Waals surface area contributed by atoms with Crippen LogP contribution in [-0.4, -0.2) is 39.4 Å². The van der Waals surface area contributed by atoms with E-state index in [4.69, 9.17) is 6.42 Å². The van der Waals surface area contributed by atoms with Crippen LogP contribution < -0.4 is 15.4 Å². The Morgan fingerprint density at radius 1 is 1.25 bits per heavy atom. The number of terminal acetylenes is 1. The standard InChI is InChI=1S/C16H21N3O4S/c1-4-9-17-15(20)8-10-18-16(21)13-6-5-7-14(11-13)24(22,23)19-12(2)3/h1,5-7,11-12,19H,8-10H2,2-3H3,(H,17,20)(H,18,21). The molecule has 0 aromatic heterocycles. The van der Waals surface area contributed by atoms with Crippen LogP contribution in [0.15, 0.2) is 29.2 Å². The van der Waals surface area contributed by atoms with Crippen molar-refractivity contribution in [3.05, 3.63) is 29.8 Å². The van der Waals surface area contributed by atoms with E-state index in [2.05, 4.69) is 21.3 Å². The van der Waals surface area contributed by atoms with Gasteiger partial charge >= 0.3 is 0 Å². The van der Waals surface area contributed by atoms with E-state index in [1.54, 1.807) is 13.8 Å². The summed E-state index contributed by atoms with van der Waals surface area (Å²) in [7, 11) is -3.67. The predicted octanol–water partition coefficient (Wildman–Crippen LogP) is 0.243. The van der Waals surface area contributed by atoms with Gasteiger partial charge in [-0.1, -0.05) is 12.0 Å². The number of rotatable bonds is 8. The van der Waals surface area contributed by atoms with Crippen LogP contribution in [0.25, 0.3) is 0 Å². The molecule has 0 aliphatic carbocycles. The molecular weight excluding hydrogens is 330 g/mol. The van der Waals surface area contributed by atoms with Crippen LogP contribution in [0.2, 0.25) is 0 Å². The van der Waals surface area contributed by atoms with E-state index >= 15 is 0 Å². The Labute approximate surface area is 142 Å². The summed E-state index contributed by atoms with van der Waals surface area (Å²) in [6.07, 6.45) is 5.10. The van der Waals surface area contributed by atoms with E-state index in [-0.39, 0.29) is 41.9 Å². The summed E-state index contributed by atoms with van der Waals surface area (Å²) in [5.74, 6) is 1.55. The van der Waals surface area contributed by atoms with Crippen LogP contribution in [0.3, 0.4) is 0 Å². The zero-order valence-electron chi connectivity index (χ0n) is 13.6. The Hall–Kier alpha value is -2.37. The topological polar surface area (TPSA) is 104 Å². The van der Waals surface area contributed by atoms with Gasteiger partial charge < -0.3 is 10.6 Å². The van der Waals surface area contributed by atoms with Crippen molar-refractivity contribution in [2.75, 3.05) is 13.1 Å². The van der Waals surface area contributed by atoms with Crippen molar-refractivity contribution in [1.29, 1.82) is 0 Å². The van der Waals surface area contributed by atoms with Gasteiger partial charge in [0.15, 0.2) is 0 Å². The maximum atomic E-state index is 12.1. The van der Waals surface area contributed by atoms with Crippen LogP contribution >= 0.6 is 0 Å². The molecule has 130 valence electrons. The number of carbonyl (C=O) groups is 2. The summed E-state index contributed by atoms with van der Waals surface area (Å²) in [5.41, 5.74) is 0.200. The zero-order valence-corrected chi connectivity index (χ0v) is 14.4. The second-order valence-electron chi connectivity index (χ2n) is 5.29. The molecule has 0 atom stereocenters. The first-order chi connectivity index (χ1) is 11.3. The van der Waals surface area contributed by atoms with Crippen LogP contribution in [-0.2, 0) is 14.8 Å². The Bertz CT molecular complexity index is 736. The summed E-state index contributed by atoms with van der Waals surface area (Å²) in [5, 5.41) is 5.04. The number of sulfonamides is 1. The highest BCUT2D eigenvalue weighted by atomic mass is 32.2. The largest absolute Gasteiger partial charge is 0.352 e. The zero-order chi connectivity index (χ0) is 18.2. The lowest BCUT2D eigenvalue weighted by molar-refractivity contribution is -0.120. The van der Waals surface area contributed by atoms with Gasteiger partial charge in [0.05, 0.1) is 11.4 Å². The third-order valence-corrected chi connectivity index (χ3v) is 4.48. The lowest BCUT2D eigenvalue weighted by Gasteiger charge is -2.11. The fourth-order valence-corrected chi connectivity index (χ4v) is 3.11. The van der Waals surface area contributed by atoms with Gasteiger partial charge in [0.2, 0.25) is 15.9 Å². The van der Waals surface area contributed by atoms with E-state index in [0.717, 1.165) is 0 Å². The molecule has 0 saturated heterocycles. The molecule has 1 rings (SSSR count). The number of nitrogens with one attached hydrogen (secondary N) is 3. The van der Waals surface area contributed by atoms with Crippen LogP contribution in [0.1, 0.15) is 30.6 Å². The van der Waals surface area contributed by atoms with Gasteiger partial charge in [-0.3, -0.25) is 9.59 Å². The molecule has 0 heterocycles. The second kappa shape index (κ2) is 9.05. The van der Waals surface area contributed by atoms with Gasteiger partial charge in [0.25, 0.3) is 5.91 Å². The summed E-state index contributed by atoms with van der Waals surface area (Å²) in [6, 6.07) is 5.44. The minimum absolute atomic E-state index is 0.00983. The molecule has 0 saturated carbocycles. The average molecular weight is 351 g/mol. The lowest BCUT2D eigenvalue weighted by atomic mass is 10.2. The number of hydrogen-bond donors (Lipinski definition) is 3. The van der Waals surface area contributed by atoms with Crippen LogP contribution in [0.4, 0.5) is 0 Å². The van der Waals surface area contributed by atoms with Crippen molar-refractivity contribution in [3.8, 4) is 12.3 Å². The van der Waals surface area contributed by atoms with E-state index in [1.807, 2.05) is 0 Å². The quantitative estimate of drug-likeness (QED) is 0.584. The Morgan fingerprint density at radius 2 is 1.96 bits per heavy atom. The monoisotopic (exact) mass is 351 g/mol. The van der Waals surface area contributed by atoms with Crippen molar-refractivity contribution in [3.63, 3.8) is 0 Å². The molecular formula is C16H21N3O4S. The number of carbonyl (C=O) groups excluding carboxylic acids is 2. The van der Waals surface area contributed by atoms with Crippen molar-refractivity contribution in [2.45, 2.75) is 31.2 Å². The third kappa shape index (κ3) is 6.40.